The van der Waals surface area contributed by atoms with Gasteiger partial charge < -0.3 is 24.8 Å². The molecule has 0 aliphatic carbocycles. The first kappa shape index (κ1) is 36.2. The number of alkyl carbamates (subject to hydrolysis) is 1. The minimum atomic E-state index is -4.09. The molecule has 2 aromatic heterocycles. The van der Waals surface area contributed by atoms with Crippen molar-refractivity contribution in [2.45, 2.75) is 32.3 Å². The van der Waals surface area contributed by atoms with E-state index in [9.17, 15) is 32.4 Å². The average molecular weight is 695 g/mol. The molecule has 0 aliphatic heterocycles. The molecule has 258 valence electrons. The highest BCUT2D eigenvalue weighted by Crippen LogP contribution is 2.26. The first-order valence-electron chi connectivity index (χ1n) is 14.9. The Morgan fingerprint density at radius 2 is 1.73 bits per heavy atom. The maximum Gasteiger partial charge on any atom is 0.407 e. The fourth-order valence-corrected chi connectivity index (χ4v) is 5.79. The van der Waals surface area contributed by atoms with Gasteiger partial charge in [-0.3, -0.25) is 23.9 Å². The molecule has 49 heavy (non-hydrogen) atoms. The fraction of sp³-hybridized carbons (Fsp3) is 0.281. The molecule has 2 aromatic carbocycles. The summed E-state index contributed by atoms with van der Waals surface area (Å²) in [5, 5.41) is 4.83. The van der Waals surface area contributed by atoms with Crippen LogP contribution in [-0.2, 0) is 35.6 Å². The second-order valence-electron chi connectivity index (χ2n) is 10.3. The first-order valence-corrected chi connectivity index (χ1v) is 16.4. The molecule has 2 heterocycles. The first-order chi connectivity index (χ1) is 23.4. The molecule has 2 amide bonds. The number of rotatable bonds is 13. The summed E-state index contributed by atoms with van der Waals surface area (Å²) in [7, 11) is -2.87. The highest BCUT2D eigenvalue weighted by Gasteiger charge is 2.25. The van der Waals surface area contributed by atoms with Crippen molar-refractivity contribution >= 4 is 44.9 Å². The lowest BCUT2D eigenvalue weighted by molar-refractivity contribution is -0.142. The van der Waals surface area contributed by atoms with Gasteiger partial charge >= 0.3 is 18.0 Å². The summed E-state index contributed by atoms with van der Waals surface area (Å²) in [6.07, 6.45) is 1.89. The van der Waals surface area contributed by atoms with Gasteiger partial charge in [0.25, 0.3) is 11.5 Å². The number of ether oxygens (including phenoxy) is 3. The van der Waals surface area contributed by atoms with E-state index in [2.05, 4.69) is 25.3 Å². The minimum Gasteiger partial charge on any atom is -0.462 e. The minimum absolute atomic E-state index is 0.0388. The van der Waals surface area contributed by atoms with Gasteiger partial charge in [-0.25, -0.2) is 27.7 Å². The lowest BCUT2D eigenvalue weighted by Crippen LogP contribution is -2.33. The van der Waals surface area contributed by atoms with Crippen LogP contribution in [0.3, 0.4) is 0 Å². The summed E-state index contributed by atoms with van der Waals surface area (Å²) < 4.78 is 44.6. The van der Waals surface area contributed by atoms with Crippen LogP contribution in [0.4, 0.5) is 4.79 Å². The van der Waals surface area contributed by atoms with Crippen LogP contribution in [0.2, 0.25) is 0 Å². The van der Waals surface area contributed by atoms with Gasteiger partial charge in [-0.1, -0.05) is 12.1 Å². The third-order valence-corrected chi connectivity index (χ3v) is 8.57. The maximum absolute atomic E-state index is 14.2. The van der Waals surface area contributed by atoms with Crippen LogP contribution in [0, 0.1) is 13.8 Å². The Bertz CT molecular complexity index is 2070. The molecule has 0 aliphatic rings. The zero-order chi connectivity index (χ0) is 35.7. The molecule has 17 heteroatoms. The molecule has 16 nitrogen and oxygen atoms in total. The Labute approximate surface area is 280 Å². The van der Waals surface area contributed by atoms with Crippen molar-refractivity contribution < 1.29 is 41.8 Å². The molecular formula is C32H34N6O10S. The Morgan fingerprint density at radius 3 is 2.43 bits per heavy atom. The van der Waals surface area contributed by atoms with Gasteiger partial charge in [0.1, 0.15) is 18.0 Å². The number of nitrogens with zero attached hydrogens (tertiary/aromatic N) is 3. The van der Waals surface area contributed by atoms with Crippen molar-refractivity contribution in [3.63, 3.8) is 0 Å². The van der Waals surface area contributed by atoms with Crippen molar-refractivity contribution in [3.05, 3.63) is 93.3 Å². The van der Waals surface area contributed by atoms with Crippen LogP contribution >= 0.6 is 0 Å². The molecular weight excluding hydrogens is 660 g/mol. The number of hydrogen-bond acceptors (Lipinski definition) is 12. The predicted molar refractivity (Wildman–Crippen MR) is 175 cm³/mol. The quantitative estimate of drug-likeness (QED) is 0.104. The van der Waals surface area contributed by atoms with Crippen LogP contribution in [0.15, 0.2) is 64.5 Å². The van der Waals surface area contributed by atoms with Gasteiger partial charge in [-0.15, -0.1) is 0 Å². The van der Waals surface area contributed by atoms with E-state index in [0.717, 1.165) is 4.57 Å². The van der Waals surface area contributed by atoms with Crippen molar-refractivity contribution in [1.29, 1.82) is 0 Å². The van der Waals surface area contributed by atoms with Gasteiger partial charge in [0.15, 0.2) is 12.4 Å². The van der Waals surface area contributed by atoms with Crippen LogP contribution < -0.4 is 20.9 Å². The molecule has 0 unspecified atom stereocenters. The molecule has 3 N–H and O–H groups in total. The standard InChI is InChI=1S/C32H34N6O10S/c1-5-46-31(42)27-19(2)15-22-28(20(27)3)30(41)38(23-10-6-7-11-24(23)49(44,45)33-4)25(37-22)18-48-32(43)35-13-14-47-26(39)17-36-29(40)21-9-8-12-34-16-21/h6-12,15-16,33H,5,13-14,17-18H2,1-4H3,(H,35,43)(H,36,40). The van der Waals surface area contributed by atoms with E-state index < -0.39 is 52.7 Å². The number of hydrogen-bond donors (Lipinski definition) is 3. The van der Waals surface area contributed by atoms with Crippen LogP contribution in [0.5, 0.6) is 0 Å². The van der Waals surface area contributed by atoms with E-state index in [-0.39, 0.29) is 63.8 Å². The molecule has 0 atom stereocenters. The third kappa shape index (κ3) is 8.43. The summed E-state index contributed by atoms with van der Waals surface area (Å²) in [4.78, 5) is 71.7. The zero-order valence-corrected chi connectivity index (χ0v) is 27.9. The number of fused-ring (bicyclic) bond motifs is 1. The van der Waals surface area contributed by atoms with Gasteiger partial charge in [0, 0.05) is 12.4 Å². The lowest BCUT2D eigenvalue weighted by Gasteiger charge is -2.19. The average Bonchev–Trinajstić information content (AvgIpc) is 3.08. The van der Waals surface area contributed by atoms with E-state index in [1.807, 2.05) is 0 Å². The van der Waals surface area contributed by atoms with Gasteiger partial charge in [-0.2, -0.15) is 0 Å². The molecule has 0 bridgehead atoms. The highest BCUT2D eigenvalue weighted by molar-refractivity contribution is 7.89. The number of benzene rings is 2. The van der Waals surface area contributed by atoms with E-state index in [0.29, 0.717) is 5.56 Å². The van der Waals surface area contributed by atoms with E-state index in [4.69, 9.17) is 14.2 Å². The van der Waals surface area contributed by atoms with Gasteiger partial charge in [0.05, 0.1) is 40.9 Å². The van der Waals surface area contributed by atoms with Crippen LogP contribution in [-0.4, -0.2) is 80.2 Å². The summed E-state index contributed by atoms with van der Waals surface area (Å²) in [5.41, 5.74) is 0.608. The van der Waals surface area contributed by atoms with Crippen molar-refractivity contribution in [2.75, 3.05) is 33.4 Å². The molecule has 4 rings (SSSR count). The molecule has 0 saturated carbocycles. The topological polar surface area (TPSA) is 214 Å². The molecule has 4 aromatic rings. The normalized spacial score (nSPS) is 11.1. The molecule has 0 spiro atoms. The number of aryl methyl sites for hydroxylation is 2. The van der Waals surface area contributed by atoms with Crippen molar-refractivity contribution in [3.8, 4) is 5.69 Å². The van der Waals surface area contributed by atoms with Crippen molar-refractivity contribution in [2.24, 2.45) is 0 Å². The Hall–Kier alpha value is -5.68. The second-order valence-corrected chi connectivity index (χ2v) is 12.2. The largest absolute Gasteiger partial charge is 0.462 e. The number of amides is 2. The number of pyridine rings is 1. The number of para-hydroxylation sites is 1. The van der Waals surface area contributed by atoms with E-state index in [1.54, 1.807) is 26.8 Å². The summed E-state index contributed by atoms with van der Waals surface area (Å²) in [6, 6.07) is 10.3. The summed E-state index contributed by atoms with van der Waals surface area (Å²) in [6.45, 7) is 3.60. The number of carbonyl (C=O) groups excluding carboxylic acids is 4. The number of esters is 2. The van der Waals surface area contributed by atoms with E-state index in [1.165, 1.54) is 55.8 Å². The number of carbonyl (C=O) groups is 4. The highest BCUT2D eigenvalue weighted by atomic mass is 32.2. The van der Waals surface area contributed by atoms with Gasteiger partial charge in [0.2, 0.25) is 10.0 Å². The SMILES string of the molecule is CCOC(=O)c1c(C)cc2nc(COC(=O)NCCOC(=O)CNC(=O)c3cccnc3)n(-c3ccccc3S(=O)(=O)NC)c(=O)c2c1C. The van der Waals surface area contributed by atoms with Crippen LogP contribution in [0.1, 0.15) is 44.6 Å². The van der Waals surface area contributed by atoms with Crippen molar-refractivity contribution in [1.82, 2.24) is 29.9 Å². The second kappa shape index (κ2) is 15.9. The Morgan fingerprint density at radius 1 is 0.980 bits per heavy atom. The van der Waals surface area contributed by atoms with E-state index >= 15 is 0 Å². The Kier molecular flexibility index (Phi) is 11.8. The zero-order valence-electron chi connectivity index (χ0n) is 27.1. The summed E-state index contributed by atoms with van der Waals surface area (Å²) in [5.74, 6) is -2.01. The number of nitrogens with one attached hydrogen (secondary N) is 3. The number of aromatic nitrogens is 3. The fourth-order valence-electron chi connectivity index (χ4n) is 4.88. The lowest BCUT2D eigenvalue weighted by atomic mass is 9.98. The smallest absolute Gasteiger partial charge is 0.407 e. The molecule has 0 radical (unpaired) electrons. The Balaban J connectivity index is 1.55. The third-order valence-electron chi connectivity index (χ3n) is 7.11. The molecule has 0 fully saturated rings. The maximum atomic E-state index is 14.2. The predicted octanol–water partition coefficient (Wildman–Crippen LogP) is 1.68. The van der Waals surface area contributed by atoms with Gasteiger partial charge in [-0.05, 0) is 69.3 Å². The monoisotopic (exact) mass is 694 g/mol. The summed E-state index contributed by atoms with van der Waals surface area (Å²) >= 11 is 0. The molecule has 0 saturated heterocycles. The number of sulfonamides is 1. The van der Waals surface area contributed by atoms with Crippen LogP contribution in [0.25, 0.3) is 16.6 Å².